The van der Waals surface area contributed by atoms with Crippen molar-refractivity contribution >= 4 is 35.1 Å². The number of benzene rings is 1. The zero-order valence-electron chi connectivity index (χ0n) is 11.5. The van der Waals surface area contributed by atoms with Crippen LogP contribution in [0.5, 0.6) is 0 Å². The molecule has 1 aromatic heterocycles. The molecule has 0 amide bonds. The Balaban J connectivity index is 1.97. The van der Waals surface area contributed by atoms with Gasteiger partial charge in [-0.3, -0.25) is 4.79 Å². The highest BCUT2D eigenvalue weighted by molar-refractivity contribution is 8.09. The van der Waals surface area contributed by atoms with Gasteiger partial charge in [0, 0.05) is 5.02 Å². The van der Waals surface area contributed by atoms with Crippen molar-refractivity contribution in [2.45, 2.75) is 16.3 Å². The van der Waals surface area contributed by atoms with Gasteiger partial charge in [-0.1, -0.05) is 47.3 Å². The Morgan fingerprint density at radius 1 is 1.13 bits per heavy atom. The molecule has 0 aliphatic carbocycles. The third kappa shape index (κ3) is 3.13. The van der Waals surface area contributed by atoms with Crippen molar-refractivity contribution in [2.75, 3.05) is 0 Å². The van der Waals surface area contributed by atoms with E-state index in [1.165, 1.54) is 4.68 Å². The van der Waals surface area contributed by atoms with Gasteiger partial charge in [0.1, 0.15) is 21.9 Å². The molecule has 0 unspecified atom stereocenters. The van der Waals surface area contributed by atoms with Gasteiger partial charge < -0.3 is 0 Å². The summed E-state index contributed by atoms with van der Waals surface area (Å²) in [6, 6.07) is 11.1. The topological polar surface area (TPSA) is 82.5 Å². The zero-order chi connectivity index (χ0) is 16.4. The number of hydrogen-bond donors (Lipinski definition) is 0. The molecular weight excluding hydrogens is 352 g/mol. The van der Waals surface area contributed by atoms with Crippen LogP contribution in [0.4, 0.5) is 0 Å². The fourth-order valence-corrected chi connectivity index (χ4v) is 3.99. The van der Waals surface area contributed by atoms with Crippen LogP contribution in [-0.4, -0.2) is 9.78 Å². The van der Waals surface area contributed by atoms with Crippen molar-refractivity contribution < 1.29 is 0 Å². The molecule has 2 aromatic rings. The Hall–Kier alpha value is -2.19. The molecule has 3 rings (SSSR count). The van der Waals surface area contributed by atoms with Crippen LogP contribution < -0.4 is 5.56 Å². The third-order valence-corrected chi connectivity index (χ3v) is 5.68. The van der Waals surface area contributed by atoms with Gasteiger partial charge in [0.2, 0.25) is 0 Å². The SMILES string of the molecule is N#CC1=C(C#N)Sc2c(cnn(Cc3ccc(Cl)cc3)c2=O)S1. The first-order valence-electron chi connectivity index (χ1n) is 6.37. The van der Waals surface area contributed by atoms with Gasteiger partial charge in [0.05, 0.1) is 22.5 Å². The summed E-state index contributed by atoms with van der Waals surface area (Å²) in [7, 11) is 0. The highest BCUT2D eigenvalue weighted by Gasteiger charge is 2.24. The Morgan fingerprint density at radius 2 is 1.78 bits per heavy atom. The molecule has 8 heteroatoms. The minimum Gasteiger partial charge on any atom is -0.266 e. The molecule has 23 heavy (non-hydrogen) atoms. The van der Waals surface area contributed by atoms with Crippen LogP contribution in [0.25, 0.3) is 0 Å². The average molecular weight is 359 g/mol. The Labute approximate surface area is 145 Å². The summed E-state index contributed by atoms with van der Waals surface area (Å²) < 4.78 is 1.34. The summed E-state index contributed by atoms with van der Waals surface area (Å²) in [5, 5.41) is 22.9. The first kappa shape index (κ1) is 15.7. The monoisotopic (exact) mass is 358 g/mol. The maximum atomic E-state index is 12.6. The number of halogens is 1. The summed E-state index contributed by atoms with van der Waals surface area (Å²) in [6.45, 7) is 0.311. The van der Waals surface area contributed by atoms with Gasteiger partial charge in [-0.15, -0.1) is 0 Å². The van der Waals surface area contributed by atoms with Gasteiger partial charge in [0.15, 0.2) is 0 Å². The smallest absolute Gasteiger partial charge is 0.266 e. The van der Waals surface area contributed by atoms with E-state index in [1.54, 1.807) is 18.3 Å². The summed E-state index contributed by atoms with van der Waals surface area (Å²) in [5.41, 5.74) is 0.617. The maximum Gasteiger partial charge on any atom is 0.282 e. The van der Waals surface area contributed by atoms with Crippen LogP contribution in [0.15, 0.2) is 54.9 Å². The minimum absolute atomic E-state index is 0.242. The fraction of sp³-hybridized carbons (Fsp3) is 0.0667. The maximum absolute atomic E-state index is 12.6. The second kappa shape index (κ2) is 6.51. The number of fused-ring (bicyclic) bond motifs is 1. The molecule has 0 spiro atoms. The third-order valence-electron chi connectivity index (χ3n) is 3.04. The Morgan fingerprint density at radius 3 is 2.43 bits per heavy atom. The van der Waals surface area contributed by atoms with E-state index in [-0.39, 0.29) is 10.5 Å². The van der Waals surface area contributed by atoms with E-state index in [2.05, 4.69) is 5.10 Å². The van der Waals surface area contributed by atoms with Crippen LogP contribution in [-0.2, 0) is 6.54 Å². The van der Waals surface area contributed by atoms with Crippen LogP contribution in [0.2, 0.25) is 5.02 Å². The van der Waals surface area contributed by atoms with Crippen molar-refractivity contribution in [1.29, 1.82) is 10.5 Å². The average Bonchev–Trinajstić information content (AvgIpc) is 2.58. The van der Waals surface area contributed by atoms with Crippen molar-refractivity contribution in [3.8, 4) is 12.1 Å². The van der Waals surface area contributed by atoms with E-state index in [1.807, 2.05) is 24.3 Å². The normalized spacial score (nSPS) is 13.2. The van der Waals surface area contributed by atoms with E-state index in [0.29, 0.717) is 26.3 Å². The van der Waals surface area contributed by atoms with Crippen molar-refractivity contribution in [3.63, 3.8) is 0 Å². The number of rotatable bonds is 2. The molecule has 1 aromatic carbocycles. The molecule has 1 aliphatic rings. The molecule has 0 fully saturated rings. The molecule has 0 atom stereocenters. The van der Waals surface area contributed by atoms with Gasteiger partial charge >= 0.3 is 0 Å². The minimum atomic E-state index is -0.278. The van der Waals surface area contributed by atoms with Crippen LogP contribution in [0.3, 0.4) is 0 Å². The molecular formula is C15H7ClN4OS2. The number of hydrogen-bond acceptors (Lipinski definition) is 6. The number of nitrogens with zero attached hydrogens (tertiary/aromatic N) is 4. The molecule has 0 saturated carbocycles. The van der Waals surface area contributed by atoms with E-state index >= 15 is 0 Å². The lowest BCUT2D eigenvalue weighted by atomic mass is 10.2. The molecule has 112 valence electrons. The first-order chi connectivity index (χ1) is 11.1. The predicted octanol–water partition coefficient (Wildman–Crippen LogP) is 3.40. The summed E-state index contributed by atoms with van der Waals surface area (Å²) in [5.74, 6) is 0. The molecule has 0 radical (unpaired) electrons. The first-order valence-corrected chi connectivity index (χ1v) is 8.38. The lowest BCUT2D eigenvalue weighted by Crippen LogP contribution is -2.25. The standard InChI is InChI=1S/C15H7ClN4OS2/c16-10-3-1-9(2-4-10)8-20-15(21)14-13(7-19-20)22-11(5-17)12(6-18)23-14/h1-4,7H,8H2. The highest BCUT2D eigenvalue weighted by atomic mass is 35.5. The fourth-order valence-electron chi connectivity index (χ4n) is 1.95. The van der Waals surface area contributed by atoms with E-state index < -0.39 is 0 Å². The molecule has 0 N–H and O–H groups in total. The summed E-state index contributed by atoms with van der Waals surface area (Å²) in [4.78, 5) is 14.1. The van der Waals surface area contributed by atoms with E-state index in [0.717, 1.165) is 29.1 Å². The summed E-state index contributed by atoms with van der Waals surface area (Å²) >= 11 is 7.97. The number of thioether (sulfide) groups is 2. The van der Waals surface area contributed by atoms with E-state index in [4.69, 9.17) is 22.1 Å². The van der Waals surface area contributed by atoms with Gasteiger partial charge in [-0.05, 0) is 17.7 Å². The van der Waals surface area contributed by atoms with Gasteiger partial charge in [-0.25, -0.2) is 4.68 Å². The molecule has 0 saturated heterocycles. The van der Waals surface area contributed by atoms with Crippen molar-refractivity contribution in [1.82, 2.24) is 9.78 Å². The van der Waals surface area contributed by atoms with Crippen molar-refractivity contribution in [2.24, 2.45) is 0 Å². The highest BCUT2D eigenvalue weighted by Crippen LogP contribution is 2.44. The van der Waals surface area contributed by atoms with Crippen LogP contribution >= 0.6 is 35.1 Å². The van der Waals surface area contributed by atoms with Crippen LogP contribution in [0.1, 0.15) is 5.56 Å². The van der Waals surface area contributed by atoms with Gasteiger partial charge in [-0.2, -0.15) is 15.6 Å². The molecule has 5 nitrogen and oxygen atoms in total. The lowest BCUT2D eigenvalue weighted by Gasteiger charge is -2.15. The Kier molecular flexibility index (Phi) is 4.44. The molecule has 1 aliphatic heterocycles. The molecule has 2 heterocycles. The van der Waals surface area contributed by atoms with E-state index in [9.17, 15) is 4.79 Å². The predicted molar refractivity (Wildman–Crippen MR) is 89.0 cm³/mol. The largest absolute Gasteiger partial charge is 0.282 e. The second-order valence-electron chi connectivity index (χ2n) is 4.51. The van der Waals surface area contributed by atoms with Crippen LogP contribution in [0, 0.1) is 22.7 Å². The molecule has 0 bridgehead atoms. The zero-order valence-corrected chi connectivity index (χ0v) is 13.9. The van der Waals surface area contributed by atoms with Gasteiger partial charge in [0.25, 0.3) is 5.56 Å². The summed E-state index contributed by atoms with van der Waals surface area (Å²) in [6.07, 6.45) is 1.55. The second-order valence-corrected chi connectivity index (χ2v) is 7.02. The lowest BCUT2D eigenvalue weighted by molar-refractivity contribution is 0.612. The van der Waals surface area contributed by atoms with Crippen molar-refractivity contribution in [3.05, 3.63) is 61.2 Å². The Bertz CT molecular complexity index is 951. The quantitative estimate of drug-likeness (QED) is 0.818. The number of allylic oxidation sites excluding steroid dienone is 2. The number of nitriles is 2. The number of aromatic nitrogens is 2.